The monoisotopic (exact) mass is 285 g/mol. The fourth-order valence-electron chi connectivity index (χ4n) is 1.96. The zero-order chi connectivity index (χ0) is 14.9. The van der Waals surface area contributed by atoms with Crippen molar-refractivity contribution in [1.82, 2.24) is 20.2 Å². The fraction of sp³-hybridized carbons (Fsp3) is 0.417. The molecule has 108 valence electrons. The Morgan fingerprint density at radius 1 is 1.35 bits per heavy atom. The minimum absolute atomic E-state index is 0.239. The van der Waals surface area contributed by atoms with Gasteiger partial charge in [-0.05, 0) is 35.9 Å². The van der Waals surface area contributed by atoms with Crippen LogP contribution in [0.25, 0.3) is 11.4 Å². The largest absolute Gasteiger partial charge is 0.398 e. The SMILES string of the molecule is Cc1cccc(-c2nnnn2C(C)CC(F)(F)F)c1N. The first-order valence-corrected chi connectivity index (χ1v) is 5.99. The number of aryl methyl sites for hydroxylation is 1. The lowest BCUT2D eigenvalue weighted by Crippen LogP contribution is -2.18. The molecule has 20 heavy (non-hydrogen) atoms. The molecular formula is C12H14F3N5. The number of nitrogens with zero attached hydrogens (tertiary/aromatic N) is 4. The maximum atomic E-state index is 12.5. The van der Waals surface area contributed by atoms with Gasteiger partial charge in [0.1, 0.15) is 0 Å². The molecule has 1 heterocycles. The third-order valence-electron chi connectivity index (χ3n) is 3.00. The smallest absolute Gasteiger partial charge is 0.391 e. The molecule has 8 heteroatoms. The maximum Gasteiger partial charge on any atom is 0.391 e. The van der Waals surface area contributed by atoms with Crippen LogP contribution >= 0.6 is 0 Å². The Morgan fingerprint density at radius 2 is 2.05 bits per heavy atom. The summed E-state index contributed by atoms with van der Waals surface area (Å²) in [5.41, 5.74) is 7.75. The van der Waals surface area contributed by atoms with E-state index in [1.807, 2.05) is 13.0 Å². The highest BCUT2D eigenvalue weighted by molar-refractivity contribution is 5.74. The van der Waals surface area contributed by atoms with E-state index in [1.165, 1.54) is 6.92 Å². The van der Waals surface area contributed by atoms with Gasteiger partial charge in [-0.1, -0.05) is 12.1 Å². The topological polar surface area (TPSA) is 69.6 Å². The second-order valence-corrected chi connectivity index (χ2v) is 4.65. The number of para-hydroxylation sites is 1. The number of hydrogen-bond acceptors (Lipinski definition) is 4. The molecule has 1 atom stereocenters. The lowest BCUT2D eigenvalue weighted by atomic mass is 10.1. The number of tetrazole rings is 1. The summed E-state index contributed by atoms with van der Waals surface area (Å²) < 4.78 is 38.6. The van der Waals surface area contributed by atoms with Gasteiger partial charge in [0.15, 0.2) is 5.82 Å². The van der Waals surface area contributed by atoms with Crippen molar-refractivity contribution in [2.45, 2.75) is 32.5 Å². The van der Waals surface area contributed by atoms with Crippen molar-refractivity contribution >= 4 is 5.69 Å². The Kier molecular flexibility index (Phi) is 3.65. The Labute approximate surface area is 113 Å². The number of hydrogen-bond donors (Lipinski definition) is 1. The predicted octanol–water partition coefficient (Wildman–Crippen LogP) is 2.74. The third kappa shape index (κ3) is 2.89. The third-order valence-corrected chi connectivity index (χ3v) is 3.00. The van der Waals surface area contributed by atoms with Crippen molar-refractivity contribution < 1.29 is 13.2 Å². The highest BCUT2D eigenvalue weighted by atomic mass is 19.4. The highest BCUT2D eigenvalue weighted by Gasteiger charge is 2.32. The van der Waals surface area contributed by atoms with E-state index < -0.39 is 18.6 Å². The summed E-state index contributed by atoms with van der Waals surface area (Å²) in [7, 11) is 0. The van der Waals surface area contributed by atoms with Crippen LogP contribution in [0.3, 0.4) is 0 Å². The lowest BCUT2D eigenvalue weighted by molar-refractivity contribution is -0.142. The van der Waals surface area contributed by atoms with Crippen LogP contribution in [0.1, 0.15) is 24.9 Å². The first-order chi connectivity index (χ1) is 9.29. The van der Waals surface area contributed by atoms with E-state index in [0.29, 0.717) is 11.3 Å². The quantitative estimate of drug-likeness (QED) is 0.880. The van der Waals surface area contributed by atoms with Gasteiger partial charge in [0, 0.05) is 11.3 Å². The number of nitrogen functional groups attached to an aromatic ring is 1. The molecule has 0 aliphatic carbocycles. The Morgan fingerprint density at radius 3 is 2.70 bits per heavy atom. The van der Waals surface area contributed by atoms with Crippen molar-refractivity contribution in [3.8, 4) is 11.4 Å². The number of halogens is 3. The van der Waals surface area contributed by atoms with E-state index in [2.05, 4.69) is 15.5 Å². The molecular weight excluding hydrogens is 271 g/mol. The molecule has 1 unspecified atom stereocenters. The van der Waals surface area contributed by atoms with Crippen LogP contribution in [0.5, 0.6) is 0 Å². The number of alkyl halides is 3. The van der Waals surface area contributed by atoms with Gasteiger partial charge in [0.2, 0.25) is 0 Å². The second kappa shape index (κ2) is 5.10. The average Bonchev–Trinajstić information content (AvgIpc) is 2.79. The molecule has 0 amide bonds. The van der Waals surface area contributed by atoms with E-state index >= 15 is 0 Å². The summed E-state index contributed by atoms with van der Waals surface area (Å²) in [5, 5.41) is 10.9. The van der Waals surface area contributed by atoms with Crippen LogP contribution in [0, 0.1) is 6.92 Å². The zero-order valence-electron chi connectivity index (χ0n) is 11.0. The summed E-state index contributed by atoms with van der Waals surface area (Å²) >= 11 is 0. The number of benzene rings is 1. The molecule has 5 nitrogen and oxygen atoms in total. The normalized spacial score (nSPS) is 13.4. The van der Waals surface area contributed by atoms with Crippen molar-refractivity contribution in [3.05, 3.63) is 23.8 Å². The van der Waals surface area contributed by atoms with Crippen LogP contribution in [0.15, 0.2) is 18.2 Å². The molecule has 0 spiro atoms. The molecule has 0 saturated heterocycles. The molecule has 0 aliphatic rings. The Hall–Kier alpha value is -2.12. The van der Waals surface area contributed by atoms with E-state index in [4.69, 9.17) is 5.73 Å². The summed E-state index contributed by atoms with van der Waals surface area (Å²) in [6.07, 6.45) is -5.28. The summed E-state index contributed by atoms with van der Waals surface area (Å²) in [6, 6.07) is 4.35. The predicted molar refractivity (Wildman–Crippen MR) is 67.8 cm³/mol. The molecule has 1 aromatic carbocycles. The van der Waals surface area contributed by atoms with E-state index in [1.54, 1.807) is 12.1 Å². The standard InChI is InChI=1S/C12H14F3N5/c1-7-4-3-5-9(10(7)16)11-17-18-19-20(11)8(2)6-12(13,14)15/h3-5,8H,6,16H2,1-2H3. The van der Waals surface area contributed by atoms with Crippen molar-refractivity contribution in [2.24, 2.45) is 0 Å². The fourth-order valence-corrected chi connectivity index (χ4v) is 1.96. The van der Waals surface area contributed by atoms with Gasteiger partial charge < -0.3 is 5.73 Å². The zero-order valence-corrected chi connectivity index (χ0v) is 11.0. The number of nitrogens with two attached hydrogens (primary N) is 1. The van der Waals surface area contributed by atoms with Crippen molar-refractivity contribution in [1.29, 1.82) is 0 Å². The van der Waals surface area contributed by atoms with Crippen LogP contribution in [-0.4, -0.2) is 26.4 Å². The number of rotatable bonds is 3. The molecule has 0 bridgehead atoms. The molecule has 2 N–H and O–H groups in total. The maximum absolute atomic E-state index is 12.5. The van der Waals surface area contributed by atoms with Gasteiger partial charge in [0.05, 0.1) is 12.5 Å². The first kappa shape index (κ1) is 14.3. The van der Waals surface area contributed by atoms with Crippen molar-refractivity contribution in [3.63, 3.8) is 0 Å². The lowest BCUT2D eigenvalue weighted by Gasteiger charge is -2.16. The summed E-state index contributed by atoms with van der Waals surface area (Å²) in [4.78, 5) is 0. The molecule has 0 aliphatic heterocycles. The molecule has 2 rings (SSSR count). The minimum atomic E-state index is -4.28. The van der Waals surface area contributed by atoms with Gasteiger partial charge in [-0.15, -0.1) is 5.10 Å². The van der Waals surface area contributed by atoms with E-state index in [0.717, 1.165) is 10.2 Å². The van der Waals surface area contributed by atoms with Gasteiger partial charge in [-0.3, -0.25) is 0 Å². The van der Waals surface area contributed by atoms with Crippen LogP contribution < -0.4 is 5.73 Å². The van der Waals surface area contributed by atoms with E-state index in [9.17, 15) is 13.2 Å². The van der Waals surface area contributed by atoms with Crippen LogP contribution in [-0.2, 0) is 0 Å². The van der Waals surface area contributed by atoms with Gasteiger partial charge >= 0.3 is 6.18 Å². The van der Waals surface area contributed by atoms with Gasteiger partial charge in [-0.2, -0.15) is 13.2 Å². The Balaban J connectivity index is 2.40. The molecule has 0 saturated carbocycles. The van der Waals surface area contributed by atoms with Crippen LogP contribution in [0.4, 0.5) is 18.9 Å². The molecule has 1 aromatic heterocycles. The van der Waals surface area contributed by atoms with Crippen LogP contribution in [0.2, 0.25) is 0 Å². The first-order valence-electron chi connectivity index (χ1n) is 5.99. The Bertz CT molecular complexity index is 605. The van der Waals surface area contributed by atoms with Gasteiger partial charge in [-0.25, -0.2) is 4.68 Å². The molecule has 0 radical (unpaired) electrons. The summed E-state index contributed by atoms with van der Waals surface area (Å²) in [5.74, 6) is 0.239. The number of anilines is 1. The van der Waals surface area contributed by atoms with Crippen molar-refractivity contribution in [2.75, 3.05) is 5.73 Å². The average molecular weight is 285 g/mol. The van der Waals surface area contributed by atoms with E-state index in [-0.39, 0.29) is 5.82 Å². The highest BCUT2D eigenvalue weighted by Crippen LogP contribution is 2.31. The summed E-state index contributed by atoms with van der Waals surface area (Å²) in [6.45, 7) is 3.23. The molecule has 0 fully saturated rings. The second-order valence-electron chi connectivity index (χ2n) is 4.65. The minimum Gasteiger partial charge on any atom is -0.398 e. The number of aromatic nitrogens is 4. The van der Waals surface area contributed by atoms with Gasteiger partial charge in [0.25, 0.3) is 0 Å². The molecule has 2 aromatic rings.